The molecule has 1 N–H and O–H groups in total. The van der Waals surface area contributed by atoms with Gasteiger partial charge in [-0.05, 0) is 62.0 Å². The van der Waals surface area contributed by atoms with Gasteiger partial charge < -0.3 is 5.11 Å². The molecular weight excluding hydrogens is 246 g/mol. The first kappa shape index (κ1) is 13.0. The number of aliphatic hydroxyl groups is 1. The van der Waals surface area contributed by atoms with E-state index < -0.39 is 17.7 Å². The minimum atomic E-state index is -0.802. The molecule has 3 rings (SSSR count). The van der Waals surface area contributed by atoms with Crippen molar-refractivity contribution in [2.75, 3.05) is 0 Å². The summed E-state index contributed by atoms with van der Waals surface area (Å²) in [6.07, 6.45) is 4.84. The molecule has 19 heavy (non-hydrogen) atoms. The van der Waals surface area contributed by atoms with Gasteiger partial charge in [0.15, 0.2) is 0 Å². The molecule has 0 radical (unpaired) electrons. The molecule has 0 spiro atoms. The summed E-state index contributed by atoms with van der Waals surface area (Å²) in [5, 5.41) is 10.2. The van der Waals surface area contributed by atoms with Gasteiger partial charge in [0, 0.05) is 11.6 Å². The maximum Gasteiger partial charge on any atom is 0.131 e. The Kier molecular flexibility index (Phi) is 3.34. The van der Waals surface area contributed by atoms with Crippen molar-refractivity contribution in [3.63, 3.8) is 0 Å². The average molecular weight is 266 g/mol. The van der Waals surface area contributed by atoms with E-state index in [-0.39, 0.29) is 5.56 Å². The van der Waals surface area contributed by atoms with Gasteiger partial charge in [-0.15, -0.1) is 0 Å². The van der Waals surface area contributed by atoms with E-state index in [1.54, 1.807) is 6.92 Å². The Balaban J connectivity index is 1.73. The summed E-state index contributed by atoms with van der Waals surface area (Å²) >= 11 is 0. The Morgan fingerprint density at radius 1 is 1.21 bits per heavy atom. The zero-order chi connectivity index (χ0) is 13.6. The highest BCUT2D eigenvalue weighted by molar-refractivity contribution is 5.27. The van der Waals surface area contributed by atoms with Crippen molar-refractivity contribution in [1.29, 1.82) is 0 Å². The van der Waals surface area contributed by atoms with E-state index in [1.807, 2.05) is 0 Å². The van der Waals surface area contributed by atoms with Crippen molar-refractivity contribution in [3.8, 4) is 0 Å². The highest BCUT2D eigenvalue weighted by Crippen LogP contribution is 2.51. The van der Waals surface area contributed by atoms with Crippen LogP contribution in [0.5, 0.6) is 0 Å². The number of benzene rings is 1. The van der Waals surface area contributed by atoms with E-state index in [1.165, 1.54) is 31.7 Å². The zero-order valence-electron chi connectivity index (χ0n) is 11.2. The molecular formula is C16H20F2O. The monoisotopic (exact) mass is 266 g/mol. The highest BCUT2D eigenvalue weighted by Gasteiger charge is 2.40. The fourth-order valence-corrected chi connectivity index (χ4v) is 4.01. The third-order valence-corrected chi connectivity index (χ3v) is 5.05. The van der Waals surface area contributed by atoms with Gasteiger partial charge in [0.1, 0.15) is 11.6 Å². The summed E-state index contributed by atoms with van der Waals surface area (Å²) < 4.78 is 27.0. The SMILES string of the molecule is Cc1cc(C(O)CC2CC3CCC2C3)c(F)cc1F. The number of aliphatic hydroxyl groups excluding tert-OH is 1. The Hall–Kier alpha value is -0.960. The van der Waals surface area contributed by atoms with Gasteiger partial charge in [0.05, 0.1) is 6.10 Å². The van der Waals surface area contributed by atoms with E-state index >= 15 is 0 Å². The van der Waals surface area contributed by atoms with Crippen LogP contribution in [0.4, 0.5) is 8.78 Å². The Morgan fingerprint density at radius 2 is 2.00 bits per heavy atom. The van der Waals surface area contributed by atoms with Gasteiger partial charge in [0.25, 0.3) is 0 Å². The van der Waals surface area contributed by atoms with Crippen LogP contribution >= 0.6 is 0 Å². The second kappa shape index (κ2) is 4.86. The zero-order valence-corrected chi connectivity index (χ0v) is 11.2. The van der Waals surface area contributed by atoms with Gasteiger partial charge in [0.2, 0.25) is 0 Å². The first-order chi connectivity index (χ1) is 9.04. The van der Waals surface area contributed by atoms with E-state index in [9.17, 15) is 13.9 Å². The van der Waals surface area contributed by atoms with E-state index in [0.29, 0.717) is 23.8 Å². The molecule has 0 amide bonds. The topological polar surface area (TPSA) is 20.2 Å². The summed E-state index contributed by atoms with van der Waals surface area (Å²) in [6.45, 7) is 1.60. The van der Waals surface area contributed by atoms with Crippen LogP contribution in [0.2, 0.25) is 0 Å². The molecule has 2 saturated carbocycles. The number of aryl methyl sites for hydroxylation is 1. The summed E-state index contributed by atoms with van der Waals surface area (Å²) in [7, 11) is 0. The van der Waals surface area contributed by atoms with Crippen molar-refractivity contribution >= 4 is 0 Å². The third kappa shape index (κ3) is 2.40. The minimum Gasteiger partial charge on any atom is -0.388 e. The summed E-state index contributed by atoms with van der Waals surface area (Å²) in [5.41, 5.74) is 0.644. The van der Waals surface area contributed by atoms with Crippen LogP contribution < -0.4 is 0 Å². The molecule has 0 heterocycles. The van der Waals surface area contributed by atoms with Crippen LogP contribution in [-0.4, -0.2) is 5.11 Å². The number of rotatable bonds is 3. The smallest absolute Gasteiger partial charge is 0.131 e. The Bertz CT molecular complexity index is 486. The fourth-order valence-electron chi connectivity index (χ4n) is 4.01. The quantitative estimate of drug-likeness (QED) is 0.872. The number of fused-ring (bicyclic) bond motifs is 2. The van der Waals surface area contributed by atoms with Crippen molar-refractivity contribution in [2.24, 2.45) is 17.8 Å². The molecule has 4 unspecified atom stereocenters. The summed E-state index contributed by atoms with van der Waals surface area (Å²) in [5.74, 6) is 0.872. The van der Waals surface area contributed by atoms with E-state index in [2.05, 4.69) is 0 Å². The van der Waals surface area contributed by atoms with Gasteiger partial charge in [-0.3, -0.25) is 0 Å². The molecule has 1 aromatic carbocycles. The predicted molar refractivity (Wildman–Crippen MR) is 69.6 cm³/mol. The van der Waals surface area contributed by atoms with Crippen molar-refractivity contribution < 1.29 is 13.9 Å². The van der Waals surface area contributed by atoms with Gasteiger partial charge >= 0.3 is 0 Å². The summed E-state index contributed by atoms with van der Waals surface area (Å²) in [6, 6.07) is 2.33. The Labute approximate surface area is 112 Å². The molecule has 2 fully saturated rings. The van der Waals surface area contributed by atoms with Gasteiger partial charge in [-0.1, -0.05) is 6.42 Å². The van der Waals surface area contributed by atoms with Crippen LogP contribution in [0, 0.1) is 36.3 Å². The second-order valence-corrected chi connectivity index (χ2v) is 6.31. The molecule has 2 bridgehead atoms. The maximum absolute atomic E-state index is 13.7. The molecule has 0 aromatic heterocycles. The van der Waals surface area contributed by atoms with Crippen LogP contribution in [0.1, 0.15) is 49.3 Å². The second-order valence-electron chi connectivity index (χ2n) is 6.31. The normalized spacial score (nSPS) is 30.8. The van der Waals surface area contributed by atoms with Crippen LogP contribution in [0.3, 0.4) is 0 Å². The first-order valence-electron chi connectivity index (χ1n) is 7.18. The van der Waals surface area contributed by atoms with E-state index in [4.69, 9.17) is 0 Å². The van der Waals surface area contributed by atoms with Crippen LogP contribution in [0.15, 0.2) is 12.1 Å². The lowest BCUT2D eigenvalue weighted by atomic mass is 9.83. The molecule has 1 nitrogen and oxygen atoms in total. The fraction of sp³-hybridized carbons (Fsp3) is 0.625. The number of hydrogen-bond donors (Lipinski definition) is 1. The largest absolute Gasteiger partial charge is 0.388 e. The van der Waals surface area contributed by atoms with Crippen LogP contribution in [0.25, 0.3) is 0 Å². The van der Waals surface area contributed by atoms with Crippen molar-refractivity contribution in [2.45, 2.75) is 45.1 Å². The Morgan fingerprint density at radius 3 is 2.63 bits per heavy atom. The molecule has 0 saturated heterocycles. The predicted octanol–water partition coefficient (Wildman–Crippen LogP) is 4.13. The molecule has 2 aliphatic carbocycles. The number of hydrogen-bond acceptors (Lipinski definition) is 1. The van der Waals surface area contributed by atoms with Crippen LogP contribution in [-0.2, 0) is 0 Å². The third-order valence-electron chi connectivity index (χ3n) is 5.05. The van der Waals surface area contributed by atoms with E-state index in [0.717, 1.165) is 12.0 Å². The molecule has 0 aliphatic heterocycles. The lowest BCUT2D eigenvalue weighted by Gasteiger charge is -2.24. The van der Waals surface area contributed by atoms with Crippen molar-refractivity contribution in [1.82, 2.24) is 0 Å². The first-order valence-corrected chi connectivity index (χ1v) is 7.18. The standard InChI is InChI=1S/C16H20F2O/c1-9-4-13(15(18)8-14(9)17)16(19)7-12-6-10-2-3-11(12)5-10/h4,8,10-12,16,19H,2-3,5-7H2,1H3. The maximum atomic E-state index is 13.7. The minimum absolute atomic E-state index is 0.252. The molecule has 104 valence electrons. The highest BCUT2D eigenvalue weighted by atomic mass is 19.1. The molecule has 4 atom stereocenters. The molecule has 2 aliphatic rings. The lowest BCUT2D eigenvalue weighted by molar-refractivity contribution is 0.122. The van der Waals surface area contributed by atoms with Gasteiger partial charge in [-0.2, -0.15) is 0 Å². The van der Waals surface area contributed by atoms with Crippen molar-refractivity contribution in [3.05, 3.63) is 34.9 Å². The van der Waals surface area contributed by atoms with Gasteiger partial charge in [-0.25, -0.2) is 8.78 Å². The molecule has 3 heteroatoms. The lowest BCUT2D eigenvalue weighted by Crippen LogP contribution is -2.15. The number of halogens is 2. The average Bonchev–Trinajstić information content (AvgIpc) is 2.95. The summed E-state index contributed by atoms with van der Waals surface area (Å²) in [4.78, 5) is 0. The molecule has 1 aromatic rings.